The first-order chi connectivity index (χ1) is 8.24. The second kappa shape index (κ2) is 5.46. The third-order valence-electron chi connectivity index (χ3n) is 2.48. The molecule has 2 rings (SSSR count). The van der Waals surface area contributed by atoms with Crippen LogP contribution in [0.1, 0.15) is 11.1 Å². The van der Waals surface area contributed by atoms with Crippen molar-refractivity contribution in [2.75, 3.05) is 0 Å². The zero-order valence-electron chi connectivity index (χ0n) is 9.36. The van der Waals surface area contributed by atoms with Crippen molar-refractivity contribution in [2.45, 2.75) is 13.1 Å². The molecule has 0 amide bonds. The first-order valence-electron chi connectivity index (χ1n) is 5.47. The molecule has 0 saturated heterocycles. The number of phenolic OH excluding ortho intramolecular Hbond substituents is 1. The molecule has 0 atom stereocenters. The van der Waals surface area contributed by atoms with E-state index >= 15 is 0 Å². The average Bonchev–Trinajstić information content (AvgIpc) is 2.32. The number of phenols is 1. The first-order valence-corrected chi connectivity index (χ1v) is 5.47. The Morgan fingerprint density at radius 2 is 1.65 bits per heavy atom. The van der Waals surface area contributed by atoms with Crippen LogP contribution in [0.15, 0.2) is 48.5 Å². The molecule has 0 aliphatic carbocycles. The molecule has 2 N–H and O–H groups in total. The highest BCUT2D eigenvalue weighted by atomic mass is 19.1. The van der Waals surface area contributed by atoms with Crippen molar-refractivity contribution in [2.24, 2.45) is 0 Å². The van der Waals surface area contributed by atoms with Crippen LogP contribution in [0.25, 0.3) is 0 Å². The summed E-state index contributed by atoms with van der Waals surface area (Å²) in [6, 6.07) is 13.5. The maximum Gasteiger partial charge on any atom is 0.123 e. The Balaban J connectivity index is 1.85. The van der Waals surface area contributed by atoms with E-state index in [1.165, 1.54) is 12.1 Å². The Bertz CT molecular complexity index is 482. The normalized spacial score (nSPS) is 10.4. The number of aromatic hydroxyl groups is 1. The van der Waals surface area contributed by atoms with Gasteiger partial charge in [-0.25, -0.2) is 4.39 Å². The van der Waals surface area contributed by atoms with E-state index < -0.39 is 0 Å². The van der Waals surface area contributed by atoms with E-state index in [0.29, 0.717) is 13.1 Å². The SMILES string of the molecule is Oc1cccc(CNCc2ccc(F)cc2)c1. The van der Waals surface area contributed by atoms with Crippen LogP contribution in [-0.4, -0.2) is 5.11 Å². The Morgan fingerprint density at radius 1 is 0.941 bits per heavy atom. The monoisotopic (exact) mass is 231 g/mol. The van der Waals surface area contributed by atoms with Crippen molar-refractivity contribution in [1.82, 2.24) is 5.32 Å². The van der Waals surface area contributed by atoms with Crippen LogP contribution in [0.4, 0.5) is 4.39 Å². The van der Waals surface area contributed by atoms with Crippen LogP contribution in [0.2, 0.25) is 0 Å². The number of nitrogens with one attached hydrogen (secondary N) is 1. The van der Waals surface area contributed by atoms with Gasteiger partial charge in [-0.2, -0.15) is 0 Å². The van der Waals surface area contributed by atoms with Gasteiger partial charge in [0.05, 0.1) is 0 Å². The minimum Gasteiger partial charge on any atom is -0.508 e. The van der Waals surface area contributed by atoms with Gasteiger partial charge in [-0.15, -0.1) is 0 Å². The lowest BCUT2D eigenvalue weighted by Crippen LogP contribution is -2.12. The quantitative estimate of drug-likeness (QED) is 0.848. The summed E-state index contributed by atoms with van der Waals surface area (Å²) in [5.74, 6) is 0.0489. The van der Waals surface area contributed by atoms with Crippen LogP contribution < -0.4 is 5.32 Å². The van der Waals surface area contributed by atoms with Crippen LogP contribution >= 0.6 is 0 Å². The molecule has 2 nitrogen and oxygen atoms in total. The molecule has 0 radical (unpaired) electrons. The fraction of sp³-hybridized carbons (Fsp3) is 0.143. The zero-order chi connectivity index (χ0) is 12.1. The molecular weight excluding hydrogens is 217 g/mol. The summed E-state index contributed by atoms with van der Waals surface area (Å²) >= 11 is 0. The molecule has 0 unspecified atom stereocenters. The largest absolute Gasteiger partial charge is 0.508 e. The van der Waals surface area contributed by atoms with Gasteiger partial charge in [-0.3, -0.25) is 0 Å². The van der Waals surface area contributed by atoms with Gasteiger partial charge in [-0.05, 0) is 35.4 Å². The molecule has 2 aromatic carbocycles. The summed E-state index contributed by atoms with van der Waals surface area (Å²) in [6.07, 6.45) is 0. The molecular formula is C14H14FNO. The molecule has 2 aromatic rings. The van der Waals surface area contributed by atoms with Crippen LogP contribution in [0.5, 0.6) is 5.75 Å². The lowest BCUT2D eigenvalue weighted by atomic mass is 10.2. The molecule has 3 heteroatoms. The second-order valence-electron chi connectivity index (χ2n) is 3.90. The first kappa shape index (κ1) is 11.6. The van der Waals surface area contributed by atoms with Gasteiger partial charge in [0, 0.05) is 13.1 Å². The molecule has 0 heterocycles. The highest BCUT2D eigenvalue weighted by Crippen LogP contribution is 2.10. The van der Waals surface area contributed by atoms with Gasteiger partial charge in [-0.1, -0.05) is 24.3 Å². The average molecular weight is 231 g/mol. The van der Waals surface area contributed by atoms with Gasteiger partial charge in [0.2, 0.25) is 0 Å². The number of benzene rings is 2. The van der Waals surface area contributed by atoms with E-state index in [1.807, 2.05) is 12.1 Å². The lowest BCUT2D eigenvalue weighted by Gasteiger charge is -2.05. The van der Waals surface area contributed by atoms with Gasteiger partial charge in [0.1, 0.15) is 11.6 Å². The fourth-order valence-electron chi connectivity index (χ4n) is 1.62. The molecule has 17 heavy (non-hydrogen) atoms. The standard InChI is InChI=1S/C14H14FNO/c15-13-6-4-11(5-7-13)9-16-10-12-2-1-3-14(17)8-12/h1-8,16-17H,9-10H2. The van der Waals surface area contributed by atoms with Crippen molar-refractivity contribution in [3.8, 4) is 5.75 Å². The Labute approximate surface area is 99.7 Å². The molecule has 0 fully saturated rings. The van der Waals surface area contributed by atoms with E-state index in [9.17, 15) is 9.50 Å². The van der Waals surface area contributed by atoms with Crippen LogP contribution in [0, 0.1) is 5.82 Å². The van der Waals surface area contributed by atoms with Crippen molar-refractivity contribution < 1.29 is 9.50 Å². The summed E-state index contributed by atoms with van der Waals surface area (Å²) in [4.78, 5) is 0. The van der Waals surface area contributed by atoms with Crippen molar-refractivity contribution in [3.05, 3.63) is 65.5 Å². The Hall–Kier alpha value is -1.87. The predicted molar refractivity (Wildman–Crippen MR) is 65.1 cm³/mol. The van der Waals surface area contributed by atoms with Gasteiger partial charge < -0.3 is 10.4 Å². The number of rotatable bonds is 4. The molecule has 0 aliphatic rings. The van der Waals surface area contributed by atoms with Gasteiger partial charge >= 0.3 is 0 Å². The van der Waals surface area contributed by atoms with Crippen LogP contribution in [-0.2, 0) is 13.1 Å². The third-order valence-corrected chi connectivity index (χ3v) is 2.48. The number of hydrogen-bond donors (Lipinski definition) is 2. The third kappa shape index (κ3) is 3.57. The van der Waals surface area contributed by atoms with Crippen molar-refractivity contribution in [3.63, 3.8) is 0 Å². The molecule has 0 bridgehead atoms. The van der Waals surface area contributed by atoms with E-state index in [4.69, 9.17) is 0 Å². The summed E-state index contributed by atoms with van der Waals surface area (Å²) < 4.78 is 12.7. The summed E-state index contributed by atoms with van der Waals surface area (Å²) in [5.41, 5.74) is 2.05. The van der Waals surface area contributed by atoms with E-state index in [2.05, 4.69) is 5.32 Å². The highest BCUT2D eigenvalue weighted by Gasteiger charge is 1.96. The van der Waals surface area contributed by atoms with Crippen molar-refractivity contribution in [1.29, 1.82) is 0 Å². The minimum absolute atomic E-state index is 0.221. The van der Waals surface area contributed by atoms with Gasteiger partial charge in [0.25, 0.3) is 0 Å². The summed E-state index contributed by atoms with van der Waals surface area (Å²) in [5, 5.41) is 12.5. The second-order valence-corrected chi connectivity index (χ2v) is 3.90. The minimum atomic E-state index is -0.221. The Kier molecular flexibility index (Phi) is 3.73. The predicted octanol–water partition coefficient (Wildman–Crippen LogP) is 2.82. The van der Waals surface area contributed by atoms with E-state index in [0.717, 1.165) is 11.1 Å². The maximum absolute atomic E-state index is 12.7. The fourth-order valence-corrected chi connectivity index (χ4v) is 1.62. The summed E-state index contributed by atoms with van der Waals surface area (Å²) in [6.45, 7) is 1.35. The van der Waals surface area contributed by atoms with Crippen molar-refractivity contribution >= 4 is 0 Å². The van der Waals surface area contributed by atoms with E-state index in [-0.39, 0.29) is 11.6 Å². The number of halogens is 1. The maximum atomic E-state index is 12.7. The Morgan fingerprint density at radius 3 is 2.35 bits per heavy atom. The lowest BCUT2D eigenvalue weighted by molar-refractivity contribution is 0.474. The van der Waals surface area contributed by atoms with E-state index in [1.54, 1.807) is 24.3 Å². The molecule has 0 saturated carbocycles. The smallest absolute Gasteiger partial charge is 0.123 e. The highest BCUT2D eigenvalue weighted by molar-refractivity contribution is 5.27. The molecule has 0 spiro atoms. The topological polar surface area (TPSA) is 32.3 Å². The molecule has 0 aliphatic heterocycles. The summed E-state index contributed by atoms with van der Waals surface area (Å²) in [7, 11) is 0. The molecule has 88 valence electrons. The number of hydrogen-bond acceptors (Lipinski definition) is 2. The van der Waals surface area contributed by atoms with Gasteiger partial charge in [0.15, 0.2) is 0 Å². The zero-order valence-corrected chi connectivity index (χ0v) is 9.36. The molecule has 0 aromatic heterocycles. The van der Waals surface area contributed by atoms with Crippen LogP contribution in [0.3, 0.4) is 0 Å².